The van der Waals surface area contributed by atoms with Gasteiger partial charge in [-0.25, -0.2) is 0 Å². The lowest BCUT2D eigenvalue weighted by Crippen LogP contribution is -2.40. The molecule has 0 aromatic heterocycles. The van der Waals surface area contributed by atoms with Crippen LogP contribution >= 0.6 is 0 Å². The summed E-state index contributed by atoms with van der Waals surface area (Å²) in [6, 6.07) is 15.9. The molecule has 0 atom stereocenters. The van der Waals surface area contributed by atoms with Crippen LogP contribution in [0, 0.1) is 0 Å². The van der Waals surface area contributed by atoms with E-state index in [0.29, 0.717) is 42.6 Å². The number of benzene rings is 2. The maximum absolute atomic E-state index is 12.8. The fourth-order valence-electron chi connectivity index (χ4n) is 2.85. The summed E-state index contributed by atoms with van der Waals surface area (Å²) in [5, 5.41) is 9.58. The first-order valence-corrected chi connectivity index (χ1v) is 7.83. The Kier molecular flexibility index (Phi) is 4.53. The molecule has 23 heavy (non-hydrogen) atoms. The Morgan fingerprint density at radius 2 is 1.43 bits per heavy atom. The highest BCUT2D eigenvalue weighted by molar-refractivity contribution is 6.15. The molecule has 4 nitrogen and oxygen atoms in total. The van der Waals surface area contributed by atoms with Crippen molar-refractivity contribution in [2.24, 2.45) is 0 Å². The molecule has 1 saturated heterocycles. The zero-order valence-electron chi connectivity index (χ0n) is 12.8. The summed E-state index contributed by atoms with van der Waals surface area (Å²) in [5.74, 6) is -0.289. The number of likely N-dealkylation sites (tertiary alicyclic amines) is 1. The Bertz CT molecular complexity index is 704. The third kappa shape index (κ3) is 3.32. The SMILES string of the molecule is O=C(c1ccccc1)c1ccccc1C(=O)N1CCC(O)CC1. The van der Waals surface area contributed by atoms with Crippen LogP contribution < -0.4 is 0 Å². The average Bonchev–Trinajstić information content (AvgIpc) is 2.62. The average molecular weight is 309 g/mol. The molecule has 1 N–H and O–H groups in total. The molecule has 1 aliphatic heterocycles. The van der Waals surface area contributed by atoms with E-state index >= 15 is 0 Å². The fraction of sp³-hybridized carbons (Fsp3) is 0.263. The number of aliphatic hydroxyl groups excluding tert-OH is 1. The Balaban J connectivity index is 1.89. The number of rotatable bonds is 3. The van der Waals surface area contributed by atoms with Crippen LogP contribution in [0.4, 0.5) is 0 Å². The smallest absolute Gasteiger partial charge is 0.254 e. The lowest BCUT2D eigenvalue weighted by Gasteiger charge is -2.30. The molecule has 0 radical (unpaired) electrons. The Morgan fingerprint density at radius 1 is 0.870 bits per heavy atom. The standard InChI is InChI=1S/C19H19NO3/c21-15-10-12-20(13-11-15)19(23)17-9-5-4-8-16(17)18(22)14-6-2-1-3-7-14/h1-9,15,21H,10-13H2. The molecule has 0 aliphatic carbocycles. The molecule has 1 aliphatic rings. The summed E-state index contributed by atoms with van der Waals surface area (Å²) < 4.78 is 0. The summed E-state index contributed by atoms with van der Waals surface area (Å²) in [7, 11) is 0. The van der Waals surface area contributed by atoms with Gasteiger partial charge in [-0.05, 0) is 18.9 Å². The largest absolute Gasteiger partial charge is 0.393 e. The topological polar surface area (TPSA) is 57.6 Å². The number of piperidine rings is 1. The molecule has 0 spiro atoms. The minimum atomic E-state index is -0.333. The molecular formula is C19H19NO3. The summed E-state index contributed by atoms with van der Waals surface area (Å²) >= 11 is 0. The summed E-state index contributed by atoms with van der Waals surface area (Å²) in [6.45, 7) is 1.04. The van der Waals surface area contributed by atoms with Crippen LogP contribution in [0.15, 0.2) is 54.6 Å². The predicted molar refractivity (Wildman–Crippen MR) is 87.5 cm³/mol. The quantitative estimate of drug-likeness (QED) is 0.886. The lowest BCUT2D eigenvalue weighted by atomic mass is 9.97. The van der Waals surface area contributed by atoms with Crippen molar-refractivity contribution >= 4 is 11.7 Å². The molecule has 2 aromatic rings. The van der Waals surface area contributed by atoms with E-state index in [4.69, 9.17) is 0 Å². The van der Waals surface area contributed by atoms with Gasteiger partial charge in [-0.1, -0.05) is 48.5 Å². The third-order valence-electron chi connectivity index (χ3n) is 4.19. The van der Waals surface area contributed by atoms with E-state index in [1.165, 1.54) is 0 Å². The number of nitrogens with zero attached hydrogens (tertiary/aromatic N) is 1. The number of hydrogen-bond donors (Lipinski definition) is 1. The maximum atomic E-state index is 12.8. The van der Waals surface area contributed by atoms with Crippen LogP contribution in [-0.4, -0.2) is 40.9 Å². The molecule has 3 rings (SSSR count). The van der Waals surface area contributed by atoms with Crippen LogP contribution in [0.2, 0.25) is 0 Å². The van der Waals surface area contributed by atoms with Crippen LogP contribution in [-0.2, 0) is 0 Å². The van der Waals surface area contributed by atoms with Gasteiger partial charge in [0.25, 0.3) is 5.91 Å². The zero-order chi connectivity index (χ0) is 16.2. The van der Waals surface area contributed by atoms with Crippen LogP contribution in [0.5, 0.6) is 0 Å². The van der Waals surface area contributed by atoms with Gasteiger partial charge in [-0.15, -0.1) is 0 Å². The van der Waals surface area contributed by atoms with Crippen molar-refractivity contribution in [1.82, 2.24) is 4.90 Å². The molecule has 118 valence electrons. The van der Waals surface area contributed by atoms with Gasteiger partial charge in [0, 0.05) is 24.2 Å². The highest BCUT2D eigenvalue weighted by atomic mass is 16.3. The van der Waals surface area contributed by atoms with Gasteiger partial charge in [-0.2, -0.15) is 0 Å². The maximum Gasteiger partial charge on any atom is 0.254 e. The second-order valence-electron chi connectivity index (χ2n) is 5.76. The fourth-order valence-corrected chi connectivity index (χ4v) is 2.85. The number of carbonyl (C=O) groups excluding carboxylic acids is 2. The van der Waals surface area contributed by atoms with Crippen LogP contribution in [0.25, 0.3) is 0 Å². The van der Waals surface area contributed by atoms with Crippen molar-refractivity contribution in [2.45, 2.75) is 18.9 Å². The normalized spacial score (nSPS) is 15.4. The zero-order valence-corrected chi connectivity index (χ0v) is 12.8. The number of aliphatic hydroxyl groups is 1. The molecule has 0 bridgehead atoms. The Morgan fingerprint density at radius 3 is 2.09 bits per heavy atom. The van der Waals surface area contributed by atoms with Gasteiger partial charge in [0.1, 0.15) is 0 Å². The van der Waals surface area contributed by atoms with E-state index in [1.54, 1.807) is 41.3 Å². The monoisotopic (exact) mass is 309 g/mol. The van der Waals surface area contributed by atoms with E-state index < -0.39 is 0 Å². The highest BCUT2D eigenvalue weighted by Gasteiger charge is 2.25. The molecule has 1 heterocycles. The van der Waals surface area contributed by atoms with Crippen molar-refractivity contribution in [1.29, 1.82) is 0 Å². The molecule has 1 fully saturated rings. The van der Waals surface area contributed by atoms with Crippen molar-refractivity contribution in [3.63, 3.8) is 0 Å². The molecule has 0 saturated carbocycles. The van der Waals surface area contributed by atoms with Gasteiger partial charge in [0.15, 0.2) is 5.78 Å². The molecule has 2 aromatic carbocycles. The Labute approximate surface area is 135 Å². The second-order valence-corrected chi connectivity index (χ2v) is 5.76. The van der Waals surface area contributed by atoms with Crippen LogP contribution in [0.3, 0.4) is 0 Å². The lowest BCUT2D eigenvalue weighted by molar-refractivity contribution is 0.0544. The van der Waals surface area contributed by atoms with Crippen molar-refractivity contribution in [2.75, 3.05) is 13.1 Å². The minimum Gasteiger partial charge on any atom is -0.393 e. The number of carbonyl (C=O) groups is 2. The van der Waals surface area contributed by atoms with Crippen LogP contribution in [0.1, 0.15) is 39.1 Å². The van der Waals surface area contributed by atoms with Gasteiger partial charge < -0.3 is 10.0 Å². The third-order valence-corrected chi connectivity index (χ3v) is 4.19. The van der Waals surface area contributed by atoms with E-state index in [9.17, 15) is 14.7 Å². The van der Waals surface area contributed by atoms with E-state index in [-0.39, 0.29) is 17.8 Å². The van der Waals surface area contributed by atoms with Gasteiger partial charge in [0.2, 0.25) is 0 Å². The van der Waals surface area contributed by atoms with E-state index in [0.717, 1.165) is 0 Å². The molecular weight excluding hydrogens is 290 g/mol. The summed E-state index contributed by atoms with van der Waals surface area (Å²) in [5.41, 5.74) is 1.43. The van der Waals surface area contributed by atoms with E-state index in [1.807, 2.05) is 18.2 Å². The molecule has 1 amide bonds. The molecule has 0 unspecified atom stereocenters. The predicted octanol–water partition coefficient (Wildman–Crippen LogP) is 2.51. The second kappa shape index (κ2) is 6.75. The molecule has 4 heteroatoms. The first-order chi connectivity index (χ1) is 11.2. The minimum absolute atomic E-state index is 0.142. The van der Waals surface area contributed by atoms with E-state index in [2.05, 4.69) is 0 Å². The highest BCUT2D eigenvalue weighted by Crippen LogP contribution is 2.19. The number of amides is 1. The van der Waals surface area contributed by atoms with Gasteiger partial charge >= 0.3 is 0 Å². The summed E-state index contributed by atoms with van der Waals surface area (Å²) in [6.07, 6.45) is 0.835. The van der Waals surface area contributed by atoms with Crippen molar-refractivity contribution in [3.8, 4) is 0 Å². The van der Waals surface area contributed by atoms with Gasteiger partial charge in [-0.3, -0.25) is 9.59 Å². The number of ketones is 1. The van der Waals surface area contributed by atoms with Crippen molar-refractivity contribution < 1.29 is 14.7 Å². The first kappa shape index (κ1) is 15.4. The van der Waals surface area contributed by atoms with Gasteiger partial charge in [0.05, 0.1) is 11.7 Å². The first-order valence-electron chi connectivity index (χ1n) is 7.83. The Hall–Kier alpha value is -2.46. The van der Waals surface area contributed by atoms with Crippen molar-refractivity contribution in [3.05, 3.63) is 71.3 Å². The number of hydrogen-bond acceptors (Lipinski definition) is 3. The summed E-state index contributed by atoms with van der Waals surface area (Å²) in [4.78, 5) is 27.2.